The Bertz CT molecular complexity index is 584. The molecule has 0 aliphatic heterocycles. The summed E-state index contributed by atoms with van der Waals surface area (Å²) in [4.78, 5) is 27.4. The molecule has 102 valence electrons. The fourth-order valence-electron chi connectivity index (χ4n) is 1.62. The zero-order valence-electron chi connectivity index (χ0n) is 10.5. The van der Waals surface area contributed by atoms with E-state index in [0.29, 0.717) is 17.7 Å². The van der Waals surface area contributed by atoms with Crippen LogP contribution in [0.4, 0.5) is 5.69 Å². The van der Waals surface area contributed by atoms with Gasteiger partial charge < -0.3 is 0 Å². The molecule has 0 aliphatic carbocycles. The summed E-state index contributed by atoms with van der Waals surface area (Å²) < 4.78 is 0. The van der Waals surface area contributed by atoms with E-state index in [2.05, 4.69) is 0 Å². The van der Waals surface area contributed by atoms with E-state index >= 15 is 0 Å². The third kappa shape index (κ3) is 3.66. The number of halogens is 1. The van der Waals surface area contributed by atoms with Gasteiger partial charge in [0.2, 0.25) is 6.41 Å². The molecule has 0 spiro atoms. The van der Waals surface area contributed by atoms with Gasteiger partial charge in [-0.25, -0.2) is 0 Å². The Labute approximate surface area is 121 Å². The summed E-state index contributed by atoms with van der Waals surface area (Å²) in [6.07, 6.45) is 0.570. The molecule has 0 aromatic heterocycles. The highest BCUT2D eigenvalue weighted by Gasteiger charge is 2.08. The number of hydrogen-bond acceptors (Lipinski definition) is 3. The number of amides is 1. The number of nitrogens with zero attached hydrogens (tertiary/aromatic N) is 1. The van der Waals surface area contributed by atoms with Crippen LogP contribution in [-0.4, -0.2) is 11.7 Å². The van der Waals surface area contributed by atoms with Crippen molar-refractivity contribution in [2.24, 2.45) is 0 Å². The summed E-state index contributed by atoms with van der Waals surface area (Å²) >= 11 is 5.36. The normalized spacial score (nSPS) is 10.1. The van der Waals surface area contributed by atoms with Gasteiger partial charge in [0.05, 0.1) is 5.69 Å². The summed E-state index contributed by atoms with van der Waals surface area (Å²) in [6, 6.07) is 15.7. The minimum Gasteiger partial charge on any atom is -0.276 e. The van der Waals surface area contributed by atoms with Crippen LogP contribution in [0.25, 0.3) is 0 Å². The molecule has 0 N–H and O–H groups in total. The van der Waals surface area contributed by atoms with E-state index in [1.807, 2.05) is 30.3 Å². The van der Waals surface area contributed by atoms with Crippen molar-refractivity contribution in [1.82, 2.24) is 0 Å². The molecule has 0 unspecified atom stereocenters. The second kappa shape index (κ2) is 6.84. The minimum atomic E-state index is -0.542. The maximum Gasteiger partial charge on any atom is 0.252 e. The molecule has 20 heavy (non-hydrogen) atoms. The molecular formula is C15H12ClNO3. The van der Waals surface area contributed by atoms with Crippen LogP contribution in [0.2, 0.25) is 0 Å². The topological polar surface area (TPSA) is 46.6 Å². The lowest BCUT2D eigenvalue weighted by Gasteiger charge is -2.17. The van der Waals surface area contributed by atoms with Crippen molar-refractivity contribution in [3.05, 3.63) is 65.7 Å². The van der Waals surface area contributed by atoms with Crippen molar-refractivity contribution >= 4 is 28.9 Å². The number of carbonyl (C=O) groups is 2. The molecule has 0 atom stereocenters. The van der Waals surface area contributed by atoms with Crippen LogP contribution >= 0.6 is 11.6 Å². The highest BCUT2D eigenvalue weighted by molar-refractivity contribution is 6.67. The number of anilines is 1. The van der Waals surface area contributed by atoms with Crippen LogP contribution in [0.5, 0.6) is 0 Å². The van der Waals surface area contributed by atoms with Gasteiger partial charge >= 0.3 is 0 Å². The van der Waals surface area contributed by atoms with Gasteiger partial charge in [0.1, 0.15) is 6.61 Å². The molecule has 5 heteroatoms. The van der Waals surface area contributed by atoms with Gasteiger partial charge in [-0.15, -0.1) is 0 Å². The number of hydrogen-bond donors (Lipinski definition) is 0. The standard InChI is InChI=1S/C15H12ClNO3/c16-15(19)13-6-8-14(9-7-13)17(11-18)20-10-12-4-2-1-3-5-12/h1-9,11H,10H2. The lowest BCUT2D eigenvalue weighted by Crippen LogP contribution is -2.21. The largest absolute Gasteiger partial charge is 0.276 e. The van der Waals surface area contributed by atoms with Gasteiger partial charge in [0.25, 0.3) is 5.24 Å². The number of rotatable bonds is 6. The molecule has 2 aromatic rings. The van der Waals surface area contributed by atoms with Crippen molar-refractivity contribution in [3.8, 4) is 0 Å². The number of hydroxylamine groups is 1. The predicted molar refractivity (Wildman–Crippen MR) is 76.4 cm³/mol. The van der Waals surface area contributed by atoms with E-state index < -0.39 is 5.24 Å². The Morgan fingerprint density at radius 3 is 2.30 bits per heavy atom. The molecule has 4 nitrogen and oxygen atoms in total. The summed E-state index contributed by atoms with van der Waals surface area (Å²) in [5.74, 6) is 0. The van der Waals surface area contributed by atoms with Crippen molar-refractivity contribution in [2.75, 3.05) is 5.06 Å². The van der Waals surface area contributed by atoms with Gasteiger partial charge in [-0.3, -0.25) is 14.4 Å². The maximum atomic E-state index is 11.1. The summed E-state index contributed by atoms with van der Waals surface area (Å²) in [5, 5.41) is 0.564. The first-order valence-electron chi connectivity index (χ1n) is 5.92. The molecule has 2 aromatic carbocycles. The lowest BCUT2D eigenvalue weighted by atomic mass is 10.2. The second-order valence-electron chi connectivity index (χ2n) is 4.01. The van der Waals surface area contributed by atoms with E-state index in [-0.39, 0.29) is 6.61 Å². The van der Waals surface area contributed by atoms with Gasteiger partial charge in [0.15, 0.2) is 0 Å². The SMILES string of the molecule is O=CN(OCc1ccccc1)c1ccc(C(=O)Cl)cc1. The maximum absolute atomic E-state index is 11.1. The molecule has 2 rings (SSSR count). The Morgan fingerprint density at radius 1 is 1.10 bits per heavy atom. The Kier molecular flexibility index (Phi) is 4.87. The van der Waals surface area contributed by atoms with Gasteiger partial charge in [-0.05, 0) is 41.4 Å². The van der Waals surface area contributed by atoms with Gasteiger partial charge in [0, 0.05) is 5.56 Å². The first-order chi connectivity index (χ1) is 9.70. The first kappa shape index (κ1) is 14.2. The zero-order valence-corrected chi connectivity index (χ0v) is 11.3. The summed E-state index contributed by atoms with van der Waals surface area (Å²) in [5.41, 5.74) is 1.84. The number of benzene rings is 2. The lowest BCUT2D eigenvalue weighted by molar-refractivity contribution is -0.114. The molecule has 0 aliphatic rings. The Morgan fingerprint density at radius 2 is 1.75 bits per heavy atom. The quantitative estimate of drug-likeness (QED) is 0.466. The van der Waals surface area contributed by atoms with Crippen LogP contribution in [0, 0.1) is 0 Å². The average molecular weight is 290 g/mol. The van der Waals surface area contributed by atoms with E-state index in [4.69, 9.17) is 16.4 Å². The number of carbonyl (C=O) groups excluding carboxylic acids is 2. The second-order valence-corrected chi connectivity index (χ2v) is 4.35. The van der Waals surface area contributed by atoms with E-state index in [0.717, 1.165) is 10.6 Å². The first-order valence-corrected chi connectivity index (χ1v) is 6.30. The van der Waals surface area contributed by atoms with E-state index in [1.54, 1.807) is 12.1 Å². The van der Waals surface area contributed by atoms with Crippen molar-refractivity contribution in [2.45, 2.75) is 6.61 Å². The fraction of sp³-hybridized carbons (Fsp3) is 0.0667. The highest BCUT2D eigenvalue weighted by Crippen LogP contribution is 2.16. The van der Waals surface area contributed by atoms with Crippen molar-refractivity contribution in [3.63, 3.8) is 0 Å². The molecular weight excluding hydrogens is 278 g/mol. The van der Waals surface area contributed by atoms with Crippen LogP contribution < -0.4 is 5.06 Å². The van der Waals surface area contributed by atoms with E-state index in [1.165, 1.54) is 12.1 Å². The van der Waals surface area contributed by atoms with Crippen molar-refractivity contribution < 1.29 is 14.4 Å². The van der Waals surface area contributed by atoms with Crippen LogP contribution in [0.3, 0.4) is 0 Å². The minimum absolute atomic E-state index is 0.274. The summed E-state index contributed by atoms with van der Waals surface area (Å²) in [7, 11) is 0. The molecule has 1 amide bonds. The van der Waals surface area contributed by atoms with Crippen LogP contribution in [-0.2, 0) is 16.2 Å². The van der Waals surface area contributed by atoms with E-state index in [9.17, 15) is 9.59 Å². The molecule has 0 saturated carbocycles. The third-order valence-corrected chi connectivity index (χ3v) is 2.88. The molecule has 0 saturated heterocycles. The van der Waals surface area contributed by atoms with Crippen molar-refractivity contribution in [1.29, 1.82) is 0 Å². The zero-order chi connectivity index (χ0) is 14.4. The molecule has 0 heterocycles. The molecule has 0 radical (unpaired) electrons. The summed E-state index contributed by atoms with van der Waals surface area (Å²) in [6.45, 7) is 0.274. The smallest absolute Gasteiger partial charge is 0.252 e. The highest BCUT2D eigenvalue weighted by atomic mass is 35.5. The fourth-order valence-corrected chi connectivity index (χ4v) is 1.75. The van der Waals surface area contributed by atoms with Gasteiger partial charge in [-0.2, -0.15) is 5.06 Å². The third-order valence-electron chi connectivity index (χ3n) is 2.66. The van der Waals surface area contributed by atoms with Crippen LogP contribution in [0.1, 0.15) is 15.9 Å². The van der Waals surface area contributed by atoms with Crippen LogP contribution in [0.15, 0.2) is 54.6 Å². The predicted octanol–water partition coefficient (Wildman–Crippen LogP) is 3.16. The monoisotopic (exact) mass is 289 g/mol. The Hall–Kier alpha value is -2.17. The molecule has 0 fully saturated rings. The Balaban J connectivity index is 2.04. The molecule has 0 bridgehead atoms. The van der Waals surface area contributed by atoms with Gasteiger partial charge in [-0.1, -0.05) is 30.3 Å². The average Bonchev–Trinajstić information content (AvgIpc) is 2.49.